The van der Waals surface area contributed by atoms with Gasteiger partial charge in [0.2, 0.25) is 5.91 Å². The minimum absolute atomic E-state index is 0.117. The number of hydrogen-bond donors (Lipinski definition) is 2. The lowest BCUT2D eigenvalue weighted by molar-refractivity contribution is -0.123. The third kappa shape index (κ3) is 3.63. The molecule has 1 fully saturated rings. The first-order valence-corrected chi connectivity index (χ1v) is 7.59. The number of aromatic nitrogens is 2. The van der Waals surface area contributed by atoms with Crippen LogP contribution in [-0.2, 0) is 17.3 Å². The van der Waals surface area contributed by atoms with E-state index in [0.717, 1.165) is 43.9 Å². The van der Waals surface area contributed by atoms with Crippen molar-refractivity contribution in [1.82, 2.24) is 20.0 Å². The zero-order valence-electron chi connectivity index (χ0n) is 13.5. The van der Waals surface area contributed by atoms with Crippen LogP contribution in [0.4, 0.5) is 0 Å². The number of aryl methyl sites for hydroxylation is 1. The summed E-state index contributed by atoms with van der Waals surface area (Å²) in [5.41, 5.74) is 7.51. The lowest BCUT2D eigenvalue weighted by Crippen LogP contribution is -2.40. The highest BCUT2D eigenvalue weighted by Gasteiger charge is 2.33. The van der Waals surface area contributed by atoms with Gasteiger partial charge < -0.3 is 11.1 Å². The SMILES string of the molecule is Cn1cc(C(C(N)=O)N2CCCNCC2)c(C(C)(C)C)n1. The van der Waals surface area contributed by atoms with Crippen LogP contribution < -0.4 is 11.1 Å². The van der Waals surface area contributed by atoms with Gasteiger partial charge in [0.15, 0.2) is 0 Å². The average Bonchev–Trinajstić information content (AvgIpc) is 2.59. The summed E-state index contributed by atoms with van der Waals surface area (Å²) in [6, 6.07) is -0.396. The monoisotopic (exact) mass is 293 g/mol. The molecule has 118 valence electrons. The third-order valence-corrected chi connectivity index (χ3v) is 3.87. The molecule has 21 heavy (non-hydrogen) atoms. The Hall–Kier alpha value is -1.40. The molecule has 1 aromatic heterocycles. The van der Waals surface area contributed by atoms with E-state index in [4.69, 9.17) is 5.73 Å². The first-order valence-electron chi connectivity index (χ1n) is 7.59. The van der Waals surface area contributed by atoms with E-state index in [2.05, 4.69) is 36.1 Å². The molecule has 6 heteroatoms. The van der Waals surface area contributed by atoms with E-state index < -0.39 is 6.04 Å². The molecule has 1 saturated heterocycles. The van der Waals surface area contributed by atoms with E-state index in [-0.39, 0.29) is 11.3 Å². The van der Waals surface area contributed by atoms with Crippen molar-refractivity contribution in [2.45, 2.75) is 38.6 Å². The zero-order valence-corrected chi connectivity index (χ0v) is 13.5. The van der Waals surface area contributed by atoms with Crippen LogP contribution in [0.25, 0.3) is 0 Å². The van der Waals surface area contributed by atoms with Crippen molar-refractivity contribution < 1.29 is 4.79 Å². The molecule has 6 nitrogen and oxygen atoms in total. The number of primary amides is 1. The summed E-state index contributed by atoms with van der Waals surface area (Å²) < 4.78 is 1.78. The second-order valence-corrected chi connectivity index (χ2v) is 6.80. The average molecular weight is 293 g/mol. The number of carbonyl (C=O) groups excluding carboxylic acids is 1. The number of nitrogens with zero attached hydrogens (tertiary/aromatic N) is 3. The van der Waals surface area contributed by atoms with E-state index in [1.54, 1.807) is 4.68 Å². The van der Waals surface area contributed by atoms with Crippen molar-refractivity contribution in [3.63, 3.8) is 0 Å². The lowest BCUT2D eigenvalue weighted by Gasteiger charge is -2.29. The molecule has 0 aromatic carbocycles. The van der Waals surface area contributed by atoms with Crippen LogP contribution in [0.3, 0.4) is 0 Å². The van der Waals surface area contributed by atoms with E-state index in [1.807, 2.05) is 13.2 Å². The molecule has 1 aliphatic heterocycles. The maximum absolute atomic E-state index is 12.1. The summed E-state index contributed by atoms with van der Waals surface area (Å²) >= 11 is 0. The molecule has 2 rings (SSSR count). The van der Waals surface area contributed by atoms with Gasteiger partial charge in [-0.25, -0.2) is 0 Å². The van der Waals surface area contributed by atoms with Crippen LogP contribution in [-0.4, -0.2) is 46.8 Å². The number of rotatable bonds is 3. The summed E-state index contributed by atoms with van der Waals surface area (Å²) in [5, 5.41) is 7.93. The summed E-state index contributed by atoms with van der Waals surface area (Å²) in [7, 11) is 1.89. The summed E-state index contributed by atoms with van der Waals surface area (Å²) in [6.07, 6.45) is 2.96. The minimum Gasteiger partial charge on any atom is -0.368 e. The number of amides is 1. The maximum Gasteiger partial charge on any atom is 0.239 e. The maximum atomic E-state index is 12.1. The molecular weight excluding hydrogens is 266 g/mol. The quantitative estimate of drug-likeness (QED) is 0.853. The predicted molar refractivity (Wildman–Crippen MR) is 82.9 cm³/mol. The Morgan fingerprint density at radius 3 is 2.71 bits per heavy atom. The van der Waals surface area contributed by atoms with Crippen LogP contribution in [0.1, 0.15) is 44.5 Å². The van der Waals surface area contributed by atoms with Gasteiger partial charge in [-0.05, 0) is 13.0 Å². The number of nitrogens with two attached hydrogens (primary N) is 1. The highest BCUT2D eigenvalue weighted by molar-refractivity contribution is 5.81. The number of nitrogens with one attached hydrogen (secondary N) is 1. The molecule has 3 N–H and O–H groups in total. The van der Waals surface area contributed by atoms with Crippen LogP contribution in [0.5, 0.6) is 0 Å². The van der Waals surface area contributed by atoms with Crippen LogP contribution in [0, 0.1) is 0 Å². The van der Waals surface area contributed by atoms with Crippen molar-refractivity contribution in [3.8, 4) is 0 Å². The first kappa shape index (κ1) is 16.0. The Balaban J connectivity index is 2.40. The third-order valence-electron chi connectivity index (χ3n) is 3.87. The van der Waals surface area contributed by atoms with Gasteiger partial charge in [0.05, 0.1) is 5.69 Å². The van der Waals surface area contributed by atoms with Gasteiger partial charge in [-0.1, -0.05) is 20.8 Å². The fourth-order valence-corrected chi connectivity index (χ4v) is 2.94. The van der Waals surface area contributed by atoms with Gasteiger partial charge in [-0.15, -0.1) is 0 Å². The summed E-state index contributed by atoms with van der Waals surface area (Å²) in [6.45, 7) is 9.91. The molecule has 1 atom stereocenters. The van der Waals surface area contributed by atoms with E-state index >= 15 is 0 Å². The van der Waals surface area contributed by atoms with Crippen LogP contribution in [0.2, 0.25) is 0 Å². The molecule has 2 heterocycles. The Morgan fingerprint density at radius 1 is 1.38 bits per heavy atom. The Morgan fingerprint density at radius 2 is 2.10 bits per heavy atom. The normalized spacial score (nSPS) is 19.2. The fourth-order valence-electron chi connectivity index (χ4n) is 2.94. The minimum atomic E-state index is -0.396. The van der Waals surface area contributed by atoms with E-state index in [9.17, 15) is 4.79 Å². The molecule has 0 spiro atoms. The van der Waals surface area contributed by atoms with E-state index in [0.29, 0.717) is 0 Å². The van der Waals surface area contributed by atoms with Gasteiger partial charge in [0.1, 0.15) is 6.04 Å². The second-order valence-electron chi connectivity index (χ2n) is 6.80. The largest absolute Gasteiger partial charge is 0.368 e. The van der Waals surface area contributed by atoms with Crippen molar-refractivity contribution >= 4 is 5.91 Å². The van der Waals surface area contributed by atoms with Gasteiger partial charge in [-0.3, -0.25) is 14.4 Å². The molecule has 0 radical (unpaired) electrons. The molecule has 1 aliphatic rings. The Bertz CT molecular complexity index is 495. The highest BCUT2D eigenvalue weighted by Crippen LogP contribution is 2.31. The van der Waals surface area contributed by atoms with Crippen molar-refractivity contribution in [2.75, 3.05) is 26.2 Å². The summed E-state index contributed by atoms with van der Waals surface area (Å²) in [4.78, 5) is 14.3. The fraction of sp³-hybridized carbons (Fsp3) is 0.733. The molecule has 1 aromatic rings. The molecule has 1 unspecified atom stereocenters. The van der Waals surface area contributed by atoms with Gasteiger partial charge in [-0.2, -0.15) is 5.10 Å². The molecule has 0 bridgehead atoms. The number of carbonyl (C=O) groups is 1. The van der Waals surface area contributed by atoms with Crippen molar-refractivity contribution in [3.05, 3.63) is 17.5 Å². The van der Waals surface area contributed by atoms with Crippen LogP contribution in [0.15, 0.2) is 6.20 Å². The second kappa shape index (κ2) is 6.15. The van der Waals surface area contributed by atoms with Crippen molar-refractivity contribution in [2.24, 2.45) is 12.8 Å². The Kier molecular flexibility index (Phi) is 4.68. The standard InChI is InChI=1S/C15H27N5O/c1-15(2,3)13-11(10-19(4)18-13)12(14(16)21)20-8-5-6-17-7-9-20/h10,12,17H,5-9H2,1-4H3,(H2,16,21). The molecule has 1 amide bonds. The first-order chi connectivity index (χ1) is 9.80. The van der Waals surface area contributed by atoms with E-state index in [1.165, 1.54) is 0 Å². The van der Waals surface area contributed by atoms with Gasteiger partial charge in [0, 0.05) is 43.9 Å². The predicted octanol–water partition coefficient (Wildman–Crippen LogP) is 0.539. The molecule has 0 saturated carbocycles. The molecular formula is C15H27N5O. The number of hydrogen-bond acceptors (Lipinski definition) is 4. The molecule has 0 aliphatic carbocycles. The highest BCUT2D eigenvalue weighted by atomic mass is 16.1. The zero-order chi connectivity index (χ0) is 15.6. The van der Waals surface area contributed by atoms with Gasteiger partial charge >= 0.3 is 0 Å². The van der Waals surface area contributed by atoms with Crippen molar-refractivity contribution in [1.29, 1.82) is 0 Å². The Labute approximate surface area is 126 Å². The van der Waals surface area contributed by atoms with Crippen LogP contribution >= 0.6 is 0 Å². The lowest BCUT2D eigenvalue weighted by atomic mass is 9.87. The topological polar surface area (TPSA) is 76.2 Å². The smallest absolute Gasteiger partial charge is 0.239 e. The summed E-state index contributed by atoms with van der Waals surface area (Å²) in [5.74, 6) is -0.296. The van der Waals surface area contributed by atoms with Gasteiger partial charge in [0.25, 0.3) is 0 Å².